The van der Waals surface area contributed by atoms with Gasteiger partial charge >= 0.3 is 5.69 Å². The van der Waals surface area contributed by atoms with E-state index in [1.165, 1.54) is 43.3 Å². The number of hydrogen-bond donors (Lipinski definition) is 0. The number of carbonyl (C=O) groups is 1. The standard InChI is InChI=1S/C17H19ClN2O4S/c18-14-6-8-15(9-7-14)25(23,24)20-12-11-19(17(20)22)16(21)10-5-13-3-1-2-4-13/h6-9,11-13H,1-5,10H2. The SMILES string of the molecule is O=C(CCC1CCCC1)n1ccn(S(=O)(=O)c2ccc(Cl)cc2)c1=O. The van der Waals surface area contributed by atoms with Gasteiger partial charge in [0.2, 0.25) is 5.91 Å². The van der Waals surface area contributed by atoms with Gasteiger partial charge in [-0.1, -0.05) is 37.3 Å². The second kappa shape index (κ2) is 7.17. The molecule has 1 aliphatic carbocycles. The number of aromatic nitrogens is 2. The Bertz CT molecular complexity index is 922. The highest BCUT2D eigenvalue weighted by molar-refractivity contribution is 7.90. The zero-order chi connectivity index (χ0) is 18.0. The smallest absolute Gasteiger partial charge is 0.274 e. The van der Waals surface area contributed by atoms with Gasteiger partial charge < -0.3 is 0 Å². The predicted molar refractivity (Wildman–Crippen MR) is 94.5 cm³/mol. The minimum absolute atomic E-state index is 0.0600. The van der Waals surface area contributed by atoms with Crippen LogP contribution in [-0.4, -0.2) is 22.9 Å². The Labute approximate surface area is 151 Å². The molecule has 0 saturated heterocycles. The minimum atomic E-state index is -4.06. The van der Waals surface area contributed by atoms with E-state index in [0.29, 0.717) is 14.9 Å². The van der Waals surface area contributed by atoms with Gasteiger partial charge in [-0.2, -0.15) is 3.97 Å². The van der Waals surface area contributed by atoms with Crippen molar-refractivity contribution in [2.75, 3.05) is 0 Å². The fourth-order valence-electron chi connectivity index (χ4n) is 3.20. The van der Waals surface area contributed by atoms with Crippen molar-refractivity contribution in [2.24, 2.45) is 5.92 Å². The van der Waals surface area contributed by atoms with Crippen LogP contribution in [0, 0.1) is 5.92 Å². The Kier molecular flexibility index (Phi) is 5.15. The highest BCUT2D eigenvalue weighted by atomic mass is 35.5. The molecule has 0 amide bonds. The Morgan fingerprint density at radius 1 is 1.12 bits per heavy atom. The maximum Gasteiger partial charge on any atom is 0.349 e. The van der Waals surface area contributed by atoms with Crippen LogP contribution in [0.15, 0.2) is 46.3 Å². The van der Waals surface area contributed by atoms with Crippen molar-refractivity contribution in [3.05, 3.63) is 52.2 Å². The summed E-state index contributed by atoms with van der Waals surface area (Å²) in [4.78, 5) is 24.6. The average molecular weight is 383 g/mol. The van der Waals surface area contributed by atoms with Crippen LogP contribution < -0.4 is 5.69 Å². The molecule has 1 aromatic carbocycles. The minimum Gasteiger partial charge on any atom is -0.274 e. The van der Waals surface area contributed by atoms with Crippen LogP contribution in [0.25, 0.3) is 0 Å². The van der Waals surface area contributed by atoms with Gasteiger partial charge in [-0.25, -0.2) is 17.8 Å². The molecule has 0 radical (unpaired) electrons. The number of hydrogen-bond acceptors (Lipinski definition) is 4. The summed E-state index contributed by atoms with van der Waals surface area (Å²) in [7, 11) is -4.06. The van der Waals surface area contributed by atoms with Gasteiger partial charge in [-0.15, -0.1) is 0 Å². The molecular formula is C17H19ClN2O4S. The van der Waals surface area contributed by atoms with Crippen molar-refractivity contribution in [3.8, 4) is 0 Å². The summed E-state index contributed by atoms with van der Waals surface area (Å²) in [6.07, 6.45) is 7.92. The third-order valence-corrected chi connectivity index (χ3v) is 6.54. The molecule has 0 aliphatic heterocycles. The molecule has 1 fully saturated rings. The van der Waals surface area contributed by atoms with E-state index in [4.69, 9.17) is 11.6 Å². The second-order valence-electron chi connectivity index (χ2n) is 6.29. The number of benzene rings is 1. The molecule has 1 aliphatic rings. The van der Waals surface area contributed by atoms with Crippen LogP contribution in [0.4, 0.5) is 0 Å². The summed E-state index contributed by atoms with van der Waals surface area (Å²) >= 11 is 5.76. The summed E-state index contributed by atoms with van der Waals surface area (Å²) in [6, 6.07) is 5.51. The van der Waals surface area contributed by atoms with E-state index >= 15 is 0 Å². The van der Waals surface area contributed by atoms with E-state index in [2.05, 4.69) is 0 Å². The van der Waals surface area contributed by atoms with Gasteiger partial charge in [-0.3, -0.25) is 4.79 Å². The predicted octanol–water partition coefficient (Wildman–Crippen LogP) is 3.15. The largest absolute Gasteiger partial charge is 0.349 e. The third kappa shape index (κ3) is 3.72. The highest BCUT2D eigenvalue weighted by Gasteiger charge is 2.23. The maximum absolute atomic E-state index is 12.6. The molecule has 0 bridgehead atoms. The molecule has 0 N–H and O–H groups in total. The van der Waals surface area contributed by atoms with E-state index in [-0.39, 0.29) is 17.2 Å². The number of rotatable bonds is 5. The molecule has 25 heavy (non-hydrogen) atoms. The fraction of sp³-hybridized carbons (Fsp3) is 0.412. The molecule has 8 heteroatoms. The number of imidazole rings is 1. The van der Waals surface area contributed by atoms with E-state index in [9.17, 15) is 18.0 Å². The van der Waals surface area contributed by atoms with Gasteiger partial charge in [0.05, 0.1) is 4.90 Å². The molecule has 3 rings (SSSR count). The summed E-state index contributed by atoms with van der Waals surface area (Å²) in [5.74, 6) is 0.154. The molecule has 6 nitrogen and oxygen atoms in total. The summed E-state index contributed by atoms with van der Waals surface area (Å²) < 4.78 is 26.6. The quantitative estimate of drug-likeness (QED) is 0.795. The van der Waals surface area contributed by atoms with Crippen LogP contribution in [0.2, 0.25) is 5.02 Å². The van der Waals surface area contributed by atoms with E-state index in [1.807, 2.05) is 0 Å². The lowest BCUT2D eigenvalue weighted by Gasteiger charge is -2.07. The van der Waals surface area contributed by atoms with Crippen LogP contribution in [-0.2, 0) is 10.0 Å². The molecular weight excluding hydrogens is 364 g/mol. The number of halogens is 1. The fourth-order valence-corrected chi connectivity index (χ4v) is 4.54. The summed E-state index contributed by atoms with van der Waals surface area (Å²) in [6.45, 7) is 0. The first-order valence-electron chi connectivity index (χ1n) is 8.24. The molecule has 0 atom stereocenters. The molecule has 1 saturated carbocycles. The average Bonchev–Trinajstić information content (AvgIpc) is 3.22. The lowest BCUT2D eigenvalue weighted by atomic mass is 10.0. The molecule has 1 heterocycles. The molecule has 2 aromatic rings. The molecule has 134 valence electrons. The van der Waals surface area contributed by atoms with E-state index < -0.39 is 15.7 Å². The van der Waals surface area contributed by atoms with Crippen molar-refractivity contribution >= 4 is 27.5 Å². The van der Waals surface area contributed by atoms with Crippen molar-refractivity contribution in [1.29, 1.82) is 0 Å². The monoisotopic (exact) mass is 382 g/mol. The van der Waals surface area contributed by atoms with Gasteiger partial charge in [-0.05, 0) is 36.6 Å². The Morgan fingerprint density at radius 3 is 2.40 bits per heavy atom. The Morgan fingerprint density at radius 2 is 1.76 bits per heavy atom. The van der Waals surface area contributed by atoms with Crippen molar-refractivity contribution < 1.29 is 13.2 Å². The lowest BCUT2D eigenvalue weighted by molar-refractivity contribution is 0.0889. The maximum atomic E-state index is 12.6. The number of nitrogens with zero attached hydrogens (tertiary/aromatic N) is 2. The first kappa shape index (κ1) is 17.9. The zero-order valence-corrected chi connectivity index (χ0v) is 15.2. The van der Waals surface area contributed by atoms with Crippen molar-refractivity contribution in [3.63, 3.8) is 0 Å². The Balaban J connectivity index is 1.81. The summed E-state index contributed by atoms with van der Waals surface area (Å²) in [5.41, 5.74) is -0.869. The zero-order valence-electron chi connectivity index (χ0n) is 13.6. The summed E-state index contributed by atoms with van der Waals surface area (Å²) in [5, 5.41) is 0.394. The van der Waals surface area contributed by atoms with Gasteiger partial charge in [0.25, 0.3) is 10.0 Å². The van der Waals surface area contributed by atoms with E-state index in [1.54, 1.807) is 0 Å². The lowest BCUT2D eigenvalue weighted by Crippen LogP contribution is -2.32. The second-order valence-corrected chi connectivity index (χ2v) is 8.54. The third-order valence-electron chi connectivity index (χ3n) is 4.63. The van der Waals surface area contributed by atoms with Crippen LogP contribution in [0.1, 0.15) is 43.3 Å². The number of carbonyl (C=O) groups excluding carboxylic acids is 1. The molecule has 0 spiro atoms. The van der Waals surface area contributed by atoms with E-state index in [0.717, 1.165) is 30.0 Å². The van der Waals surface area contributed by atoms with Gasteiger partial charge in [0.1, 0.15) is 0 Å². The van der Waals surface area contributed by atoms with Gasteiger partial charge in [0, 0.05) is 23.8 Å². The van der Waals surface area contributed by atoms with Crippen LogP contribution >= 0.6 is 11.6 Å². The van der Waals surface area contributed by atoms with Crippen molar-refractivity contribution in [1.82, 2.24) is 8.54 Å². The first-order valence-corrected chi connectivity index (χ1v) is 10.1. The first-order chi connectivity index (χ1) is 11.9. The topological polar surface area (TPSA) is 78.1 Å². The highest BCUT2D eigenvalue weighted by Crippen LogP contribution is 2.28. The normalized spacial score (nSPS) is 15.6. The van der Waals surface area contributed by atoms with Gasteiger partial charge in [0.15, 0.2) is 0 Å². The van der Waals surface area contributed by atoms with Crippen LogP contribution in [0.5, 0.6) is 0 Å². The molecule has 1 aromatic heterocycles. The van der Waals surface area contributed by atoms with Crippen LogP contribution in [0.3, 0.4) is 0 Å². The molecule has 0 unspecified atom stereocenters. The van der Waals surface area contributed by atoms with Crippen molar-refractivity contribution in [2.45, 2.75) is 43.4 Å². The Hall–Kier alpha value is -1.86.